The molecule has 1 aromatic rings. The van der Waals surface area contributed by atoms with Gasteiger partial charge in [-0.3, -0.25) is 9.20 Å². The Labute approximate surface area is 183 Å². The van der Waals surface area contributed by atoms with Crippen LogP contribution in [0.2, 0.25) is 0 Å². The van der Waals surface area contributed by atoms with Crippen LogP contribution in [0, 0.1) is 0 Å². The number of hydrogen-bond donors (Lipinski definition) is 1. The van der Waals surface area contributed by atoms with E-state index in [0.717, 1.165) is 29.6 Å². The molecule has 0 fully saturated rings. The number of nitrogens with one attached hydrogen (secondary N) is 1. The van der Waals surface area contributed by atoms with Crippen molar-refractivity contribution in [3.8, 4) is 11.5 Å². The monoisotopic (exact) mass is 511 g/mol. The first-order valence-electron chi connectivity index (χ1n) is 8.81. The van der Waals surface area contributed by atoms with Gasteiger partial charge in [-0.25, -0.2) is 0 Å². The predicted octanol–water partition coefficient (Wildman–Crippen LogP) is 3.27. The maximum absolute atomic E-state index is 12.2. The number of guanidine groups is 1. The van der Waals surface area contributed by atoms with Crippen molar-refractivity contribution in [2.24, 2.45) is 4.99 Å². The number of benzene rings is 1. The second kappa shape index (κ2) is 12.4. The number of nitrogens with zero attached hydrogens (tertiary/aromatic N) is 2. The molecular formula is C19H34IN3O3S. The molecule has 0 aromatic heterocycles. The quantitative estimate of drug-likeness (QED) is 0.330. The first-order chi connectivity index (χ1) is 12.2. The summed E-state index contributed by atoms with van der Waals surface area (Å²) in [5, 5.41) is 3.29. The van der Waals surface area contributed by atoms with E-state index in [2.05, 4.69) is 10.3 Å². The van der Waals surface area contributed by atoms with Crippen LogP contribution in [-0.4, -0.2) is 59.9 Å². The summed E-state index contributed by atoms with van der Waals surface area (Å²) < 4.78 is 22.7. The number of ether oxygens (including phenoxy) is 2. The van der Waals surface area contributed by atoms with Crippen molar-refractivity contribution in [3.63, 3.8) is 0 Å². The number of rotatable bonds is 8. The molecule has 1 atom stereocenters. The van der Waals surface area contributed by atoms with Gasteiger partial charge < -0.3 is 19.7 Å². The zero-order valence-electron chi connectivity index (χ0n) is 17.5. The average Bonchev–Trinajstić information content (AvgIpc) is 2.60. The van der Waals surface area contributed by atoms with E-state index in [4.69, 9.17) is 9.47 Å². The van der Waals surface area contributed by atoms with Gasteiger partial charge in [0.05, 0.1) is 20.8 Å². The first kappa shape index (κ1) is 26.0. The van der Waals surface area contributed by atoms with E-state index in [1.807, 2.05) is 57.8 Å². The zero-order chi connectivity index (χ0) is 19.7. The van der Waals surface area contributed by atoms with Crippen LogP contribution in [0.5, 0.6) is 11.5 Å². The van der Waals surface area contributed by atoms with Crippen LogP contribution in [0.25, 0.3) is 0 Å². The molecule has 0 bridgehead atoms. The van der Waals surface area contributed by atoms with Crippen molar-refractivity contribution in [2.75, 3.05) is 40.1 Å². The molecule has 6 nitrogen and oxygen atoms in total. The van der Waals surface area contributed by atoms with Crippen molar-refractivity contribution in [1.29, 1.82) is 0 Å². The van der Waals surface area contributed by atoms with Gasteiger partial charge in [0.2, 0.25) is 0 Å². The number of aliphatic imine (C=N–C) groups is 1. The Morgan fingerprint density at radius 2 is 1.93 bits per heavy atom. The standard InChI is InChI=1S/C19H33N3O3S.HI/c1-8-20-18(21-11-12-26(23)19(2,3)4)22(5)14-15-9-10-16(24-6)13-17(15)25-7;/h9-10,13H,8,11-12,14H2,1-7H3,(H,20,21);1H. The summed E-state index contributed by atoms with van der Waals surface area (Å²) in [6, 6.07) is 5.79. The molecule has 0 amide bonds. The second-order valence-corrected chi connectivity index (χ2v) is 9.26. The highest BCUT2D eigenvalue weighted by molar-refractivity contribution is 14.0. The molecule has 1 rings (SSSR count). The third-order valence-electron chi connectivity index (χ3n) is 3.82. The summed E-state index contributed by atoms with van der Waals surface area (Å²) in [5.74, 6) is 2.88. The summed E-state index contributed by atoms with van der Waals surface area (Å²) in [5.41, 5.74) is 1.04. The molecule has 8 heteroatoms. The van der Waals surface area contributed by atoms with Crippen molar-refractivity contribution in [3.05, 3.63) is 23.8 Å². The van der Waals surface area contributed by atoms with Crippen LogP contribution >= 0.6 is 24.0 Å². The largest absolute Gasteiger partial charge is 0.497 e. The molecule has 0 radical (unpaired) electrons. The topological polar surface area (TPSA) is 63.2 Å². The van der Waals surface area contributed by atoms with Crippen LogP contribution in [0.4, 0.5) is 0 Å². The van der Waals surface area contributed by atoms with Crippen LogP contribution in [0.3, 0.4) is 0 Å². The summed E-state index contributed by atoms with van der Waals surface area (Å²) >= 11 is 0. The molecule has 0 aliphatic rings. The van der Waals surface area contributed by atoms with Crippen LogP contribution in [0.15, 0.2) is 23.2 Å². The van der Waals surface area contributed by atoms with Gasteiger partial charge >= 0.3 is 0 Å². The van der Waals surface area contributed by atoms with Crippen molar-refractivity contribution < 1.29 is 13.7 Å². The highest BCUT2D eigenvalue weighted by atomic mass is 127. The van der Waals surface area contributed by atoms with E-state index in [1.165, 1.54) is 0 Å². The molecule has 0 aliphatic heterocycles. The van der Waals surface area contributed by atoms with Gasteiger partial charge in [0.1, 0.15) is 11.5 Å². The van der Waals surface area contributed by atoms with Crippen LogP contribution in [0.1, 0.15) is 33.3 Å². The Balaban J connectivity index is 0.00000676. The summed E-state index contributed by atoms with van der Waals surface area (Å²) in [7, 11) is 4.36. The van der Waals surface area contributed by atoms with Crippen molar-refractivity contribution >= 4 is 40.7 Å². The van der Waals surface area contributed by atoms with Crippen LogP contribution in [-0.2, 0) is 17.3 Å². The Morgan fingerprint density at radius 1 is 1.26 bits per heavy atom. The van der Waals surface area contributed by atoms with E-state index >= 15 is 0 Å². The Hall–Kier alpha value is -1.03. The normalized spacial score (nSPS) is 12.8. The maximum Gasteiger partial charge on any atom is 0.193 e. The number of hydrogen-bond acceptors (Lipinski definition) is 4. The zero-order valence-corrected chi connectivity index (χ0v) is 20.6. The van der Waals surface area contributed by atoms with Crippen molar-refractivity contribution in [2.45, 2.75) is 39.0 Å². The lowest BCUT2D eigenvalue weighted by atomic mass is 10.2. The van der Waals surface area contributed by atoms with E-state index < -0.39 is 10.8 Å². The second-order valence-electron chi connectivity index (χ2n) is 6.93. The Kier molecular flexibility index (Phi) is 12.0. The number of halogens is 1. The summed E-state index contributed by atoms with van der Waals surface area (Å²) in [4.78, 5) is 6.66. The van der Waals surface area contributed by atoms with E-state index in [9.17, 15) is 4.21 Å². The van der Waals surface area contributed by atoms with Gasteiger partial charge in [0, 0.05) is 53.1 Å². The molecule has 0 saturated carbocycles. The van der Waals surface area contributed by atoms with E-state index in [-0.39, 0.29) is 28.7 Å². The third kappa shape index (κ3) is 8.68. The molecule has 1 unspecified atom stereocenters. The highest BCUT2D eigenvalue weighted by Gasteiger charge is 2.19. The number of methoxy groups -OCH3 is 2. The molecule has 0 heterocycles. The minimum atomic E-state index is -0.905. The third-order valence-corrected chi connectivity index (χ3v) is 5.74. The van der Waals surface area contributed by atoms with E-state index in [1.54, 1.807) is 14.2 Å². The van der Waals surface area contributed by atoms with Gasteiger partial charge in [0.15, 0.2) is 5.96 Å². The summed E-state index contributed by atoms with van der Waals surface area (Å²) in [6.07, 6.45) is 0. The molecule has 27 heavy (non-hydrogen) atoms. The minimum Gasteiger partial charge on any atom is -0.497 e. The molecule has 1 aromatic carbocycles. The van der Waals surface area contributed by atoms with Crippen LogP contribution < -0.4 is 14.8 Å². The predicted molar refractivity (Wildman–Crippen MR) is 125 cm³/mol. The smallest absolute Gasteiger partial charge is 0.193 e. The molecular weight excluding hydrogens is 477 g/mol. The van der Waals surface area contributed by atoms with Gasteiger partial charge in [-0.05, 0) is 39.8 Å². The fraction of sp³-hybridized carbons (Fsp3) is 0.632. The van der Waals surface area contributed by atoms with Gasteiger partial charge in [-0.2, -0.15) is 0 Å². The van der Waals surface area contributed by atoms with Gasteiger partial charge in [-0.15, -0.1) is 24.0 Å². The fourth-order valence-electron chi connectivity index (χ4n) is 2.32. The summed E-state index contributed by atoms with van der Waals surface area (Å²) in [6.45, 7) is 9.92. The Morgan fingerprint density at radius 3 is 2.44 bits per heavy atom. The first-order valence-corrected chi connectivity index (χ1v) is 10.1. The average molecular weight is 511 g/mol. The molecule has 1 N–H and O–H groups in total. The molecule has 0 saturated heterocycles. The lowest BCUT2D eigenvalue weighted by Crippen LogP contribution is -2.39. The molecule has 156 valence electrons. The lowest BCUT2D eigenvalue weighted by Gasteiger charge is -2.23. The minimum absolute atomic E-state index is 0. The lowest BCUT2D eigenvalue weighted by molar-refractivity contribution is 0.382. The Bertz CT molecular complexity index is 633. The highest BCUT2D eigenvalue weighted by Crippen LogP contribution is 2.25. The van der Waals surface area contributed by atoms with E-state index in [0.29, 0.717) is 18.8 Å². The molecule has 0 aliphatic carbocycles. The van der Waals surface area contributed by atoms with Crippen molar-refractivity contribution in [1.82, 2.24) is 10.2 Å². The molecule has 0 spiro atoms. The SMILES string of the molecule is CCNC(=NCCS(=O)C(C)(C)C)N(C)Cc1ccc(OC)cc1OC.I. The van der Waals surface area contributed by atoms with Gasteiger partial charge in [0.25, 0.3) is 0 Å². The van der Waals surface area contributed by atoms with Gasteiger partial charge in [-0.1, -0.05) is 0 Å². The maximum atomic E-state index is 12.2. The fourth-order valence-corrected chi connectivity index (χ4v) is 3.19.